The predicted octanol–water partition coefficient (Wildman–Crippen LogP) is 3.33. The van der Waals surface area contributed by atoms with Gasteiger partial charge in [0.05, 0.1) is 0 Å². The fourth-order valence-corrected chi connectivity index (χ4v) is 2.23. The van der Waals surface area contributed by atoms with Gasteiger partial charge in [-0.25, -0.2) is 0 Å². The molecule has 0 atom stereocenters. The fourth-order valence-electron chi connectivity index (χ4n) is 2.23. The zero-order valence-corrected chi connectivity index (χ0v) is 12.3. The summed E-state index contributed by atoms with van der Waals surface area (Å²) in [7, 11) is 0. The van der Waals surface area contributed by atoms with Gasteiger partial charge in [0.15, 0.2) is 0 Å². The number of amides is 1. The minimum atomic E-state index is -0.0956. The molecule has 4 nitrogen and oxygen atoms in total. The number of aryl methyl sites for hydroxylation is 2. The average molecular weight is 281 g/mol. The molecule has 0 unspecified atom stereocenters. The largest absolute Gasteiger partial charge is 0.355 e. The van der Waals surface area contributed by atoms with Crippen molar-refractivity contribution in [2.24, 2.45) is 0 Å². The van der Waals surface area contributed by atoms with Crippen molar-refractivity contribution in [3.05, 3.63) is 53.3 Å². The monoisotopic (exact) mass is 281 g/mol. The van der Waals surface area contributed by atoms with Crippen LogP contribution in [0.15, 0.2) is 36.5 Å². The van der Waals surface area contributed by atoms with Crippen LogP contribution in [-0.2, 0) is 0 Å². The van der Waals surface area contributed by atoms with Gasteiger partial charge in [-0.1, -0.05) is 17.7 Å². The van der Waals surface area contributed by atoms with E-state index >= 15 is 0 Å². The summed E-state index contributed by atoms with van der Waals surface area (Å²) in [4.78, 5) is 16.2. The molecule has 0 bridgehead atoms. The second kappa shape index (κ2) is 5.56. The van der Waals surface area contributed by atoms with E-state index in [1.807, 2.05) is 6.07 Å². The Bertz CT molecular complexity index is 677. The maximum atomic E-state index is 12.0. The Morgan fingerprint density at radius 1 is 1.19 bits per heavy atom. The van der Waals surface area contributed by atoms with Crippen LogP contribution in [0, 0.1) is 13.8 Å². The molecule has 3 rings (SSSR count). The third-order valence-corrected chi connectivity index (χ3v) is 3.57. The Morgan fingerprint density at radius 2 is 2.00 bits per heavy atom. The summed E-state index contributed by atoms with van der Waals surface area (Å²) < 4.78 is 0. The second-order valence-corrected chi connectivity index (χ2v) is 5.62. The van der Waals surface area contributed by atoms with Crippen molar-refractivity contribution in [3.8, 4) is 0 Å². The molecule has 0 saturated heterocycles. The molecule has 2 aromatic rings. The first-order valence-electron chi connectivity index (χ1n) is 7.23. The van der Waals surface area contributed by atoms with E-state index in [9.17, 15) is 4.79 Å². The highest BCUT2D eigenvalue weighted by atomic mass is 16.2. The van der Waals surface area contributed by atoms with E-state index in [0.717, 1.165) is 24.2 Å². The molecule has 2 N–H and O–H groups in total. The van der Waals surface area contributed by atoms with Crippen LogP contribution in [0.25, 0.3) is 0 Å². The highest BCUT2D eigenvalue weighted by molar-refractivity contribution is 5.93. The van der Waals surface area contributed by atoms with Gasteiger partial charge in [-0.3, -0.25) is 9.78 Å². The summed E-state index contributed by atoms with van der Waals surface area (Å²) in [5.41, 5.74) is 4.78. The quantitative estimate of drug-likeness (QED) is 0.903. The Hall–Kier alpha value is -2.36. The fraction of sp³-hybridized carbons (Fsp3) is 0.294. The summed E-state index contributed by atoms with van der Waals surface area (Å²) in [6.45, 7) is 4.14. The predicted molar refractivity (Wildman–Crippen MR) is 83.9 cm³/mol. The van der Waals surface area contributed by atoms with Crippen LogP contribution in [0.3, 0.4) is 0 Å². The molecule has 1 aliphatic carbocycles. The lowest BCUT2D eigenvalue weighted by molar-refractivity contribution is 0.0946. The van der Waals surface area contributed by atoms with E-state index in [-0.39, 0.29) is 5.91 Å². The Morgan fingerprint density at radius 3 is 2.71 bits per heavy atom. The highest BCUT2D eigenvalue weighted by Gasteiger charge is 2.24. The molecule has 1 amide bonds. The number of hydrogen-bond donors (Lipinski definition) is 2. The number of carbonyl (C=O) groups is 1. The normalized spacial score (nSPS) is 13.8. The highest BCUT2D eigenvalue weighted by Crippen LogP contribution is 2.22. The van der Waals surface area contributed by atoms with Crippen LogP contribution in [0.5, 0.6) is 0 Å². The topological polar surface area (TPSA) is 54.0 Å². The van der Waals surface area contributed by atoms with Crippen molar-refractivity contribution in [3.63, 3.8) is 0 Å². The maximum Gasteiger partial charge on any atom is 0.270 e. The molecular weight excluding hydrogens is 262 g/mol. The van der Waals surface area contributed by atoms with Crippen molar-refractivity contribution in [1.82, 2.24) is 10.3 Å². The molecule has 1 aliphatic rings. The van der Waals surface area contributed by atoms with Gasteiger partial charge in [0.1, 0.15) is 5.69 Å². The van der Waals surface area contributed by atoms with E-state index in [0.29, 0.717) is 11.7 Å². The van der Waals surface area contributed by atoms with Crippen LogP contribution >= 0.6 is 0 Å². The average Bonchev–Trinajstić information content (AvgIpc) is 3.26. The number of anilines is 2. The molecule has 1 saturated carbocycles. The van der Waals surface area contributed by atoms with E-state index in [2.05, 4.69) is 47.7 Å². The summed E-state index contributed by atoms with van der Waals surface area (Å²) in [5.74, 6) is -0.0956. The summed E-state index contributed by atoms with van der Waals surface area (Å²) >= 11 is 0. The number of nitrogens with zero attached hydrogens (tertiary/aromatic N) is 1. The van der Waals surface area contributed by atoms with E-state index in [1.54, 1.807) is 12.3 Å². The van der Waals surface area contributed by atoms with Crippen molar-refractivity contribution < 1.29 is 4.79 Å². The molecule has 108 valence electrons. The number of aromatic nitrogens is 1. The van der Waals surface area contributed by atoms with Gasteiger partial charge in [0, 0.05) is 23.6 Å². The third-order valence-electron chi connectivity index (χ3n) is 3.57. The van der Waals surface area contributed by atoms with Gasteiger partial charge in [-0.15, -0.1) is 0 Å². The van der Waals surface area contributed by atoms with Crippen molar-refractivity contribution in [2.45, 2.75) is 32.7 Å². The smallest absolute Gasteiger partial charge is 0.270 e. The lowest BCUT2D eigenvalue weighted by Gasteiger charge is -2.11. The SMILES string of the molecule is Cc1ccc(Nc2ccnc(C(=O)NC3CC3)c2)c(C)c1. The molecular formula is C17H19N3O. The van der Waals surface area contributed by atoms with Crippen LogP contribution in [0.1, 0.15) is 34.5 Å². The molecule has 21 heavy (non-hydrogen) atoms. The van der Waals surface area contributed by atoms with E-state index < -0.39 is 0 Å². The number of carbonyl (C=O) groups excluding carboxylic acids is 1. The minimum Gasteiger partial charge on any atom is -0.355 e. The second-order valence-electron chi connectivity index (χ2n) is 5.62. The van der Waals surface area contributed by atoms with Crippen LogP contribution in [0.2, 0.25) is 0 Å². The first-order valence-corrected chi connectivity index (χ1v) is 7.23. The maximum absolute atomic E-state index is 12.0. The molecule has 4 heteroatoms. The first kappa shape index (κ1) is 13.6. The van der Waals surface area contributed by atoms with Gasteiger partial charge in [-0.2, -0.15) is 0 Å². The van der Waals surface area contributed by atoms with Crippen molar-refractivity contribution in [2.75, 3.05) is 5.32 Å². The van der Waals surface area contributed by atoms with Crippen LogP contribution in [0.4, 0.5) is 11.4 Å². The number of benzene rings is 1. The zero-order chi connectivity index (χ0) is 14.8. The summed E-state index contributed by atoms with van der Waals surface area (Å²) in [6, 6.07) is 10.2. The molecule has 0 spiro atoms. The molecule has 0 radical (unpaired) electrons. The Kier molecular flexibility index (Phi) is 3.60. The minimum absolute atomic E-state index is 0.0956. The Labute approximate surface area is 124 Å². The van der Waals surface area contributed by atoms with E-state index in [1.165, 1.54) is 11.1 Å². The van der Waals surface area contributed by atoms with Crippen LogP contribution < -0.4 is 10.6 Å². The van der Waals surface area contributed by atoms with Gasteiger partial charge in [-0.05, 0) is 50.5 Å². The van der Waals surface area contributed by atoms with Crippen molar-refractivity contribution >= 4 is 17.3 Å². The molecule has 1 aromatic carbocycles. The number of hydrogen-bond acceptors (Lipinski definition) is 3. The first-order chi connectivity index (χ1) is 10.1. The van der Waals surface area contributed by atoms with Gasteiger partial charge >= 0.3 is 0 Å². The molecule has 1 aromatic heterocycles. The van der Waals surface area contributed by atoms with Crippen LogP contribution in [-0.4, -0.2) is 16.9 Å². The molecule has 1 heterocycles. The van der Waals surface area contributed by atoms with Gasteiger partial charge < -0.3 is 10.6 Å². The van der Waals surface area contributed by atoms with Gasteiger partial charge in [0.2, 0.25) is 0 Å². The third kappa shape index (κ3) is 3.40. The number of pyridine rings is 1. The standard InChI is InChI=1S/C17H19N3O/c1-11-3-6-15(12(2)9-11)19-14-7-8-18-16(10-14)17(21)20-13-4-5-13/h3,6-10,13H,4-5H2,1-2H3,(H,18,19)(H,20,21). The Balaban J connectivity index is 1.77. The number of nitrogens with one attached hydrogen (secondary N) is 2. The zero-order valence-electron chi connectivity index (χ0n) is 12.3. The lowest BCUT2D eigenvalue weighted by Crippen LogP contribution is -2.26. The summed E-state index contributed by atoms with van der Waals surface area (Å²) in [5, 5.41) is 6.29. The van der Waals surface area contributed by atoms with Gasteiger partial charge in [0.25, 0.3) is 5.91 Å². The molecule has 1 fully saturated rings. The van der Waals surface area contributed by atoms with Crippen molar-refractivity contribution in [1.29, 1.82) is 0 Å². The molecule has 0 aliphatic heterocycles. The van der Waals surface area contributed by atoms with E-state index in [4.69, 9.17) is 0 Å². The number of rotatable bonds is 4. The lowest BCUT2D eigenvalue weighted by atomic mass is 10.1. The summed E-state index contributed by atoms with van der Waals surface area (Å²) in [6.07, 6.45) is 3.81.